The van der Waals surface area contributed by atoms with Crippen LogP contribution < -0.4 is 9.42 Å². The normalized spacial score (nSPS) is 17.8. The zero-order chi connectivity index (χ0) is 14.4. The van der Waals surface area contributed by atoms with Crippen LogP contribution >= 0.6 is 8.17 Å². The van der Waals surface area contributed by atoms with E-state index in [0.717, 1.165) is 25.7 Å². The van der Waals surface area contributed by atoms with Crippen LogP contribution in [0.2, 0.25) is 0 Å². The molecule has 1 aromatic rings. The number of nitrogens with zero attached hydrogens (tertiary/aromatic N) is 1. The largest absolute Gasteiger partial charge is 0.575 e. The van der Waals surface area contributed by atoms with Crippen LogP contribution in [0.25, 0.3) is 0 Å². The molecule has 0 aliphatic heterocycles. The minimum Gasteiger partial charge on any atom is -0.575 e. The van der Waals surface area contributed by atoms with Crippen molar-refractivity contribution >= 4 is 14.1 Å². The molecule has 5 nitrogen and oxygen atoms in total. The Balaban J connectivity index is 1.86. The summed E-state index contributed by atoms with van der Waals surface area (Å²) < 4.78 is 14.3. The zero-order valence-electron chi connectivity index (χ0n) is 11.4. The third kappa shape index (κ3) is 4.58. The first-order valence-electron chi connectivity index (χ1n) is 6.76. The van der Waals surface area contributed by atoms with E-state index in [1.165, 1.54) is 0 Å². The lowest BCUT2D eigenvalue weighted by molar-refractivity contribution is -0.170. The number of benzene rings is 1. The van der Waals surface area contributed by atoms with Crippen LogP contribution in [0.1, 0.15) is 32.6 Å². The first kappa shape index (κ1) is 14.9. The van der Waals surface area contributed by atoms with E-state index in [1.807, 2.05) is 6.07 Å². The molecule has 20 heavy (non-hydrogen) atoms. The number of hydrogen-bond donors (Lipinski definition) is 0. The molecule has 1 fully saturated rings. The summed E-state index contributed by atoms with van der Waals surface area (Å²) >= 11 is 0. The molecule has 108 valence electrons. The third-order valence-corrected chi connectivity index (χ3v) is 4.02. The maximum absolute atomic E-state index is 11.8. The van der Waals surface area contributed by atoms with Gasteiger partial charge in [0.15, 0.2) is 11.8 Å². The monoisotopic (exact) mass is 295 g/mol. The Morgan fingerprint density at radius 3 is 2.65 bits per heavy atom. The van der Waals surface area contributed by atoms with E-state index in [1.54, 1.807) is 31.2 Å². The van der Waals surface area contributed by atoms with Gasteiger partial charge >= 0.3 is 14.1 Å². The van der Waals surface area contributed by atoms with Crippen molar-refractivity contribution < 1.29 is 18.9 Å². The Morgan fingerprint density at radius 2 is 2.00 bits per heavy atom. The zero-order valence-corrected chi connectivity index (χ0v) is 12.3. The molecule has 0 N–H and O–H groups in total. The highest BCUT2D eigenvalue weighted by atomic mass is 31.1. The summed E-state index contributed by atoms with van der Waals surface area (Å²) in [5.41, 5.74) is 0. The highest BCUT2D eigenvalue weighted by Gasteiger charge is 2.24. The van der Waals surface area contributed by atoms with E-state index in [-0.39, 0.29) is 6.10 Å². The fourth-order valence-electron chi connectivity index (χ4n) is 2.05. The first-order valence-corrected chi connectivity index (χ1v) is 7.89. The number of carbonyl (C=O) groups is 1. The molecular formula is C14H18NO4P. The maximum atomic E-state index is 11.8. The molecule has 2 atom stereocenters. The molecule has 2 unspecified atom stereocenters. The molecule has 0 amide bonds. The number of para-hydroxylation sites is 1. The van der Waals surface area contributed by atoms with Gasteiger partial charge in [0.1, 0.15) is 6.10 Å². The van der Waals surface area contributed by atoms with Crippen molar-refractivity contribution in [2.75, 3.05) is 0 Å². The van der Waals surface area contributed by atoms with Crippen LogP contribution in [-0.4, -0.2) is 18.1 Å². The van der Waals surface area contributed by atoms with Gasteiger partial charge in [-0.05, 0) is 44.7 Å². The van der Waals surface area contributed by atoms with Gasteiger partial charge in [0.05, 0.1) is 0 Å². The molecule has 1 aromatic carbocycles. The van der Waals surface area contributed by atoms with Crippen LogP contribution in [-0.2, 0) is 9.53 Å². The molecule has 6 heteroatoms. The number of hydrogen-bond acceptors (Lipinski definition) is 5. The van der Waals surface area contributed by atoms with Crippen molar-refractivity contribution in [3.63, 3.8) is 0 Å². The molecule has 0 saturated heterocycles. The Morgan fingerprint density at radius 1 is 1.35 bits per heavy atom. The average molecular weight is 295 g/mol. The van der Waals surface area contributed by atoms with E-state index in [9.17, 15) is 9.69 Å². The van der Waals surface area contributed by atoms with Gasteiger partial charge in [0, 0.05) is 0 Å². The summed E-state index contributed by atoms with van der Waals surface area (Å²) in [7, 11) is -2.27. The van der Waals surface area contributed by atoms with E-state index in [4.69, 9.17) is 9.26 Å². The second-order valence-corrected chi connectivity index (χ2v) is 5.67. The molecule has 1 aliphatic carbocycles. The predicted molar refractivity (Wildman–Crippen MR) is 74.2 cm³/mol. The van der Waals surface area contributed by atoms with Crippen molar-refractivity contribution in [1.29, 1.82) is 0 Å². The van der Waals surface area contributed by atoms with E-state index < -0.39 is 20.2 Å². The number of rotatable bonds is 5. The Bertz CT molecular complexity index is 471. The Kier molecular flexibility index (Phi) is 5.50. The van der Waals surface area contributed by atoms with Gasteiger partial charge in [-0.1, -0.05) is 22.9 Å². The number of esters is 1. The second kappa shape index (κ2) is 7.36. The highest BCUT2D eigenvalue weighted by molar-refractivity contribution is 7.34. The Hall–Kier alpha value is -1.45. The molecule has 0 aromatic heterocycles. The van der Waals surface area contributed by atoms with Gasteiger partial charge in [-0.2, -0.15) is 0 Å². The second-order valence-electron chi connectivity index (χ2n) is 4.78. The molecule has 1 aliphatic rings. The Labute approximate surface area is 119 Å². The van der Waals surface area contributed by atoms with E-state index in [2.05, 4.69) is 4.74 Å². The number of carbonyl (C=O) groups excluding carboxylic acids is 1. The average Bonchev–Trinajstić information content (AvgIpc) is 2.92. The summed E-state index contributed by atoms with van der Waals surface area (Å²) in [4.78, 5) is 23.5. The molecule has 2 rings (SSSR count). The van der Waals surface area contributed by atoms with Crippen LogP contribution in [0.4, 0.5) is 0 Å². The first-order chi connectivity index (χ1) is 9.65. The summed E-state index contributed by atoms with van der Waals surface area (Å²) in [5.74, 6) is 0.0330. The van der Waals surface area contributed by atoms with Gasteiger partial charge in [-0.15, -0.1) is 0 Å². The van der Waals surface area contributed by atoms with Crippen LogP contribution in [0.15, 0.2) is 35.1 Å². The number of ether oxygens (including phenoxy) is 1. The summed E-state index contributed by atoms with van der Waals surface area (Å²) in [5, 5.41) is 0. The van der Waals surface area contributed by atoms with Crippen molar-refractivity contribution in [3.05, 3.63) is 30.3 Å². The highest BCUT2D eigenvalue weighted by Crippen LogP contribution is 2.25. The summed E-state index contributed by atoms with van der Waals surface area (Å²) in [6.45, 7) is 1.57. The molecular weight excluding hydrogens is 277 g/mol. The third-order valence-electron chi connectivity index (χ3n) is 3.12. The SMILES string of the molecule is CC(N=[P+]([O-])Oc1ccccc1)C(=O)OC1CCCC1. The maximum Gasteiger partial charge on any atom is 0.395 e. The van der Waals surface area contributed by atoms with Crippen LogP contribution in [0, 0.1) is 0 Å². The molecule has 0 bridgehead atoms. The van der Waals surface area contributed by atoms with E-state index in [0.29, 0.717) is 5.75 Å². The standard InChI is InChI=1S/C14H18NO4P/c1-11(14(16)18-12-7-5-6-8-12)15-20(17)19-13-9-3-2-4-10-13/h2-4,9-12H,5-8H2,1H3. The van der Waals surface area contributed by atoms with Gasteiger partial charge in [0.2, 0.25) is 0 Å². The minimum atomic E-state index is -2.27. The quantitative estimate of drug-likeness (QED) is 0.618. The van der Waals surface area contributed by atoms with Crippen LogP contribution in [0.3, 0.4) is 0 Å². The molecule has 0 heterocycles. The topological polar surface area (TPSA) is 71.0 Å². The fraction of sp³-hybridized carbons (Fsp3) is 0.500. The molecule has 1 saturated carbocycles. The van der Waals surface area contributed by atoms with Crippen molar-refractivity contribution in [2.24, 2.45) is 4.74 Å². The minimum absolute atomic E-state index is 0.00642. The smallest absolute Gasteiger partial charge is 0.395 e. The summed E-state index contributed by atoms with van der Waals surface area (Å²) in [6, 6.07) is 7.97. The van der Waals surface area contributed by atoms with Gasteiger partial charge in [0.25, 0.3) is 0 Å². The van der Waals surface area contributed by atoms with Crippen molar-refractivity contribution in [3.8, 4) is 5.75 Å². The lowest BCUT2D eigenvalue weighted by Crippen LogP contribution is -2.23. The van der Waals surface area contributed by atoms with Crippen molar-refractivity contribution in [2.45, 2.75) is 44.8 Å². The molecule has 0 spiro atoms. The van der Waals surface area contributed by atoms with Crippen LogP contribution in [0.5, 0.6) is 5.75 Å². The van der Waals surface area contributed by atoms with Gasteiger partial charge < -0.3 is 9.63 Å². The predicted octanol–water partition coefficient (Wildman–Crippen LogP) is 2.80. The molecule has 0 radical (unpaired) electrons. The van der Waals surface area contributed by atoms with Crippen molar-refractivity contribution in [1.82, 2.24) is 0 Å². The van der Waals surface area contributed by atoms with E-state index >= 15 is 0 Å². The fourth-order valence-corrected chi connectivity index (χ4v) is 2.78. The summed E-state index contributed by atoms with van der Waals surface area (Å²) in [6.07, 6.45) is 3.99. The van der Waals surface area contributed by atoms with Gasteiger partial charge in [-0.3, -0.25) is 4.52 Å². The lowest BCUT2D eigenvalue weighted by atomic mass is 10.3. The van der Waals surface area contributed by atoms with Gasteiger partial charge in [-0.25, -0.2) is 4.79 Å². The lowest BCUT2D eigenvalue weighted by Gasteiger charge is -2.12.